The average Bonchev–Trinajstić information content (AvgIpc) is 3.06. The van der Waals surface area contributed by atoms with Gasteiger partial charge in [0.2, 0.25) is 0 Å². The van der Waals surface area contributed by atoms with Crippen molar-refractivity contribution in [1.29, 1.82) is 0 Å². The number of hydrogen-bond donors (Lipinski definition) is 3. The first kappa shape index (κ1) is 12.2. The van der Waals surface area contributed by atoms with E-state index in [2.05, 4.69) is 20.8 Å². The van der Waals surface area contributed by atoms with Crippen LogP contribution in [0.1, 0.15) is 5.69 Å². The molecule has 1 amide bonds. The molecule has 1 aliphatic rings. The van der Waals surface area contributed by atoms with Crippen molar-refractivity contribution in [1.82, 2.24) is 10.4 Å². The molecule has 0 aliphatic carbocycles. The Kier molecular flexibility index (Phi) is 3.04. The molecule has 0 spiro atoms. The third-order valence-corrected chi connectivity index (χ3v) is 2.80. The van der Waals surface area contributed by atoms with Gasteiger partial charge in [0.15, 0.2) is 5.84 Å². The van der Waals surface area contributed by atoms with Crippen molar-refractivity contribution in [3.05, 3.63) is 59.7 Å². The number of hydrazone groups is 1. The van der Waals surface area contributed by atoms with Crippen LogP contribution in [0.15, 0.2) is 53.3 Å². The van der Waals surface area contributed by atoms with Gasteiger partial charge in [-0.2, -0.15) is 5.10 Å². The maximum absolute atomic E-state index is 12.9. The van der Waals surface area contributed by atoms with Crippen LogP contribution in [0, 0.1) is 5.82 Å². The van der Waals surface area contributed by atoms with Gasteiger partial charge in [0.05, 0.1) is 5.57 Å². The van der Waals surface area contributed by atoms with E-state index in [1.807, 2.05) is 12.1 Å². The highest BCUT2D eigenvalue weighted by molar-refractivity contribution is 6.30. The van der Waals surface area contributed by atoms with Gasteiger partial charge in [0.1, 0.15) is 5.82 Å². The fraction of sp³-hybridized carbons (Fsp3) is 0. The summed E-state index contributed by atoms with van der Waals surface area (Å²) in [5.41, 5.74) is 4.26. The zero-order valence-electron chi connectivity index (χ0n) is 10.4. The van der Waals surface area contributed by atoms with Crippen LogP contribution in [0.5, 0.6) is 0 Å². The Hall–Kier alpha value is -2.89. The molecule has 1 aromatic carbocycles. The van der Waals surface area contributed by atoms with Crippen LogP contribution >= 0.6 is 0 Å². The molecular formula is C14H11FN4O. The first-order valence-electron chi connectivity index (χ1n) is 5.98. The van der Waals surface area contributed by atoms with E-state index in [9.17, 15) is 9.18 Å². The maximum Gasteiger partial charge on any atom is 0.275 e. The molecule has 0 saturated heterocycles. The van der Waals surface area contributed by atoms with Crippen LogP contribution < -0.4 is 10.7 Å². The number of halogens is 1. The fourth-order valence-electron chi connectivity index (χ4n) is 1.82. The molecule has 20 heavy (non-hydrogen) atoms. The Bertz CT molecular complexity index is 686. The third-order valence-electron chi connectivity index (χ3n) is 2.80. The topological polar surface area (TPSA) is 69.3 Å². The lowest BCUT2D eigenvalue weighted by molar-refractivity contribution is -0.116. The molecule has 0 fully saturated rings. The zero-order chi connectivity index (χ0) is 13.9. The van der Waals surface area contributed by atoms with Gasteiger partial charge < -0.3 is 10.3 Å². The van der Waals surface area contributed by atoms with Gasteiger partial charge in [0, 0.05) is 17.6 Å². The van der Waals surface area contributed by atoms with Crippen LogP contribution in [0.2, 0.25) is 0 Å². The number of aromatic amines is 1. The molecule has 0 radical (unpaired) electrons. The Balaban J connectivity index is 1.85. The molecular weight excluding hydrogens is 259 g/mol. The van der Waals surface area contributed by atoms with E-state index in [1.165, 1.54) is 12.1 Å². The molecule has 6 heteroatoms. The Morgan fingerprint density at radius 2 is 2.00 bits per heavy atom. The summed E-state index contributed by atoms with van der Waals surface area (Å²) in [4.78, 5) is 14.7. The lowest BCUT2D eigenvalue weighted by Gasteiger charge is -2.05. The second kappa shape index (κ2) is 5.00. The second-order valence-corrected chi connectivity index (χ2v) is 4.22. The first-order chi connectivity index (χ1) is 9.72. The van der Waals surface area contributed by atoms with Gasteiger partial charge in [-0.15, -0.1) is 0 Å². The molecule has 0 bridgehead atoms. The van der Waals surface area contributed by atoms with E-state index in [0.717, 1.165) is 5.69 Å². The molecule has 0 atom stereocenters. The van der Waals surface area contributed by atoms with E-state index < -0.39 is 0 Å². The predicted octanol–water partition coefficient (Wildman–Crippen LogP) is 2.09. The first-order valence-corrected chi connectivity index (χ1v) is 5.98. The number of anilines is 1. The average molecular weight is 270 g/mol. The molecule has 100 valence electrons. The van der Waals surface area contributed by atoms with Crippen LogP contribution in [-0.2, 0) is 4.79 Å². The number of nitrogens with one attached hydrogen (secondary N) is 3. The van der Waals surface area contributed by atoms with Crippen LogP contribution in [0.25, 0.3) is 6.08 Å². The van der Waals surface area contributed by atoms with Gasteiger partial charge in [-0.25, -0.2) is 9.82 Å². The second-order valence-electron chi connectivity index (χ2n) is 4.22. The number of amides is 1. The van der Waals surface area contributed by atoms with E-state index in [0.29, 0.717) is 17.1 Å². The van der Waals surface area contributed by atoms with Crippen molar-refractivity contribution in [3.63, 3.8) is 0 Å². The number of rotatable bonds is 2. The Morgan fingerprint density at radius 1 is 1.20 bits per heavy atom. The summed E-state index contributed by atoms with van der Waals surface area (Å²) in [5.74, 6) is -0.208. The molecule has 5 nitrogen and oxygen atoms in total. The number of hydrogen-bond acceptors (Lipinski definition) is 3. The highest BCUT2D eigenvalue weighted by Crippen LogP contribution is 2.15. The predicted molar refractivity (Wildman–Crippen MR) is 74.4 cm³/mol. The number of carbonyl (C=O) groups excluding carboxylic acids is 1. The minimum atomic E-state index is -0.319. The van der Waals surface area contributed by atoms with Crippen molar-refractivity contribution in [2.24, 2.45) is 5.10 Å². The van der Waals surface area contributed by atoms with Gasteiger partial charge in [-0.1, -0.05) is 0 Å². The summed E-state index contributed by atoms with van der Waals surface area (Å²) in [6.07, 6.45) is 3.46. The summed E-state index contributed by atoms with van der Waals surface area (Å²) < 4.78 is 12.9. The van der Waals surface area contributed by atoms with Gasteiger partial charge in [-0.3, -0.25) is 4.79 Å². The number of aromatic nitrogens is 1. The molecule has 2 aromatic rings. The van der Waals surface area contributed by atoms with Gasteiger partial charge in [-0.05, 0) is 42.5 Å². The molecule has 0 unspecified atom stereocenters. The van der Waals surface area contributed by atoms with E-state index in [4.69, 9.17) is 0 Å². The minimum Gasteiger partial charge on any atom is -0.362 e. The highest BCUT2D eigenvalue weighted by Gasteiger charge is 2.22. The van der Waals surface area contributed by atoms with Crippen LogP contribution in [0.3, 0.4) is 0 Å². The van der Waals surface area contributed by atoms with Gasteiger partial charge in [0.25, 0.3) is 5.91 Å². The van der Waals surface area contributed by atoms with Crippen molar-refractivity contribution in [3.8, 4) is 0 Å². The largest absolute Gasteiger partial charge is 0.362 e. The SMILES string of the molecule is O=C1NN=C(Nc2ccc(F)cc2)/C1=C\c1ccc[nH]1. The summed E-state index contributed by atoms with van der Waals surface area (Å²) >= 11 is 0. The standard InChI is InChI=1S/C14H11FN4O/c15-9-3-5-10(6-4-9)17-13-12(14(20)19-18-13)8-11-2-1-7-16-11/h1-8,16H,(H,17,18)(H,19,20)/b12-8+. The minimum absolute atomic E-state index is 0.288. The zero-order valence-corrected chi connectivity index (χ0v) is 10.4. The summed E-state index contributed by atoms with van der Waals surface area (Å²) in [6.45, 7) is 0. The normalized spacial score (nSPS) is 16.1. The summed E-state index contributed by atoms with van der Waals surface area (Å²) in [7, 11) is 0. The molecule has 2 heterocycles. The van der Waals surface area contributed by atoms with Crippen molar-refractivity contribution in [2.45, 2.75) is 0 Å². The fourth-order valence-corrected chi connectivity index (χ4v) is 1.82. The van der Waals surface area contributed by atoms with Gasteiger partial charge >= 0.3 is 0 Å². The van der Waals surface area contributed by atoms with E-state index in [-0.39, 0.29) is 11.7 Å². The Labute approximate surface area is 114 Å². The van der Waals surface area contributed by atoms with Crippen molar-refractivity contribution in [2.75, 3.05) is 5.32 Å². The molecule has 3 N–H and O–H groups in total. The molecule has 0 saturated carbocycles. The highest BCUT2D eigenvalue weighted by atomic mass is 19.1. The number of benzene rings is 1. The van der Waals surface area contributed by atoms with Crippen LogP contribution in [-0.4, -0.2) is 16.7 Å². The molecule has 3 rings (SSSR count). The molecule has 1 aliphatic heterocycles. The maximum atomic E-state index is 12.9. The number of H-pyrrole nitrogens is 1. The van der Waals surface area contributed by atoms with Crippen LogP contribution in [0.4, 0.5) is 10.1 Å². The lowest BCUT2D eigenvalue weighted by atomic mass is 10.2. The monoisotopic (exact) mass is 270 g/mol. The Morgan fingerprint density at radius 3 is 2.70 bits per heavy atom. The molecule has 1 aromatic heterocycles. The summed E-state index contributed by atoms with van der Waals surface area (Å²) in [6, 6.07) is 9.50. The quantitative estimate of drug-likeness (QED) is 0.731. The third kappa shape index (κ3) is 2.44. The van der Waals surface area contributed by atoms with E-state index >= 15 is 0 Å². The summed E-state index contributed by atoms with van der Waals surface area (Å²) in [5, 5.41) is 6.91. The smallest absolute Gasteiger partial charge is 0.275 e. The number of amidine groups is 1. The van der Waals surface area contributed by atoms with Crippen molar-refractivity contribution < 1.29 is 9.18 Å². The number of nitrogens with zero attached hydrogens (tertiary/aromatic N) is 1. The number of carbonyl (C=O) groups is 1. The lowest BCUT2D eigenvalue weighted by Crippen LogP contribution is -2.17. The van der Waals surface area contributed by atoms with E-state index in [1.54, 1.807) is 24.4 Å². The van der Waals surface area contributed by atoms with Crippen molar-refractivity contribution >= 4 is 23.5 Å².